The quantitative estimate of drug-likeness (QED) is 0.428. The van der Waals surface area contributed by atoms with Crippen LogP contribution in [0.4, 0.5) is 16.2 Å². The number of aromatic nitrogens is 1. The summed E-state index contributed by atoms with van der Waals surface area (Å²) in [6.07, 6.45) is 0.459. The minimum Gasteiger partial charge on any atom is -0.483 e. The van der Waals surface area contributed by atoms with Crippen molar-refractivity contribution in [1.82, 2.24) is 4.98 Å². The molecule has 4 aromatic rings. The zero-order chi connectivity index (χ0) is 20.9. The molecule has 8 heteroatoms. The molecule has 2 amide bonds. The first kappa shape index (κ1) is 19.0. The van der Waals surface area contributed by atoms with Crippen molar-refractivity contribution in [3.05, 3.63) is 84.4 Å². The van der Waals surface area contributed by atoms with Crippen LogP contribution < -0.4 is 15.4 Å². The average Bonchev–Trinajstić information content (AvgIpc) is 3.19. The van der Waals surface area contributed by atoms with Crippen LogP contribution in [0.25, 0.3) is 11.0 Å². The predicted molar refractivity (Wildman–Crippen MR) is 111 cm³/mol. The lowest BCUT2D eigenvalue weighted by Crippen LogP contribution is -2.14. The molecule has 3 N–H and O–H groups in total. The molecule has 30 heavy (non-hydrogen) atoms. The summed E-state index contributed by atoms with van der Waals surface area (Å²) in [5.74, 6) is 0.0516. The molecule has 0 unspecified atom stereocenters. The highest BCUT2D eigenvalue weighted by Gasteiger charge is 2.17. The molecule has 0 aliphatic rings. The highest BCUT2D eigenvalue weighted by molar-refractivity contribution is 6.07. The normalized spacial score (nSPS) is 10.5. The summed E-state index contributed by atoms with van der Waals surface area (Å²) in [7, 11) is 0. The second kappa shape index (κ2) is 8.36. The lowest BCUT2D eigenvalue weighted by Gasteiger charge is -2.09. The minimum atomic E-state index is -1.23. The van der Waals surface area contributed by atoms with Crippen LogP contribution >= 0.6 is 0 Å². The van der Waals surface area contributed by atoms with E-state index >= 15 is 0 Å². The van der Waals surface area contributed by atoms with Crippen LogP contribution in [-0.2, 0) is 6.61 Å². The molecular weight excluding hydrogens is 386 g/mol. The van der Waals surface area contributed by atoms with Gasteiger partial charge in [-0.25, -0.2) is 4.79 Å². The fraction of sp³-hybridized carbons (Fsp3) is 0.0455. The predicted octanol–water partition coefficient (Wildman–Crippen LogP) is 4.75. The van der Waals surface area contributed by atoms with Gasteiger partial charge < -0.3 is 19.6 Å². The topological polar surface area (TPSA) is 114 Å². The second-order valence-electron chi connectivity index (χ2n) is 6.32. The molecule has 0 spiro atoms. The van der Waals surface area contributed by atoms with Crippen molar-refractivity contribution in [3.8, 4) is 5.75 Å². The Morgan fingerprint density at radius 1 is 0.967 bits per heavy atom. The molecule has 0 atom stereocenters. The van der Waals surface area contributed by atoms with Crippen molar-refractivity contribution >= 4 is 34.3 Å². The number of carbonyl (C=O) groups excluding carboxylic acids is 1. The van der Waals surface area contributed by atoms with E-state index in [9.17, 15) is 9.59 Å². The van der Waals surface area contributed by atoms with E-state index in [1.165, 1.54) is 0 Å². The van der Waals surface area contributed by atoms with Crippen molar-refractivity contribution in [1.29, 1.82) is 0 Å². The zero-order valence-corrected chi connectivity index (χ0v) is 15.7. The Morgan fingerprint density at radius 3 is 2.47 bits per heavy atom. The Labute approximate surface area is 171 Å². The zero-order valence-electron chi connectivity index (χ0n) is 15.7. The Kier molecular flexibility index (Phi) is 5.29. The minimum absolute atomic E-state index is 0.0732. The van der Waals surface area contributed by atoms with E-state index in [2.05, 4.69) is 15.6 Å². The van der Waals surface area contributed by atoms with E-state index in [4.69, 9.17) is 14.3 Å². The summed E-state index contributed by atoms with van der Waals surface area (Å²) < 4.78 is 11.6. The van der Waals surface area contributed by atoms with E-state index in [1.807, 2.05) is 24.3 Å². The van der Waals surface area contributed by atoms with Crippen molar-refractivity contribution in [2.75, 3.05) is 10.6 Å². The molecule has 0 aliphatic heterocycles. The summed E-state index contributed by atoms with van der Waals surface area (Å²) in [4.78, 5) is 27.8. The number of carbonyl (C=O) groups is 2. The first-order valence-electron chi connectivity index (χ1n) is 9.06. The van der Waals surface area contributed by atoms with Crippen LogP contribution in [0.2, 0.25) is 0 Å². The summed E-state index contributed by atoms with van der Waals surface area (Å²) >= 11 is 0. The molecule has 0 fully saturated rings. The first-order valence-corrected chi connectivity index (χ1v) is 9.06. The highest BCUT2D eigenvalue weighted by atomic mass is 16.5. The maximum Gasteiger partial charge on any atom is 0.409 e. The van der Waals surface area contributed by atoms with Gasteiger partial charge in [-0.1, -0.05) is 30.3 Å². The van der Waals surface area contributed by atoms with Gasteiger partial charge in [-0.15, -0.1) is 0 Å². The number of furan rings is 1. The summed E-state index contributed by atoms with van der Waals surface area (Å²) in [6, 6.07) is 19.0. The number of ether oxygens (including phenoxy) is 1. The number of amides is 2. The van der Waals surface area contributed by atoms with Gasteiger partial charge in [0, 0.05) is 11.6 Å². The molecule has 0 bridgehead atoms. The number of benzene rings is 2. The lowest BCUT2D eigenvalue weighted by molar-refractivity contribution is 0.0998. The number of hydrogen-bond donors (Lipinski definition) is 3. The van der Waals surface area contributed by atoms with Crippen LogP contribution in [0.5, 0.6) is 5.75 Å². The fourth-order valence-electron chi connectivity index (χ4n) is 2.90. The van der Waals surface area contributed by atoms with Gasteiger partial charge in [-0.3, -0.25) is 15.1 Å². The van der Waals surface area contributed by atoms with E-state index in [0.29, 0.717) is 22.4 Å². The van der Waals surface area contributed by atoms with Crippen molar-refractivity contribution < 1.29 is 23.8 Å². The van der Waals surface area contributed by atoms with Crippen LogP contribution in [0, 0.1) is 0 Å². The van der Waals surface area contributed by atoms with Crippen molar-refractivity contribution in [2.24, 2.45) is 0 Å². The third-order valence-electron chi connectivity index (χ3n) is 4.25. The van der Waals surface area contributed by atoms with E-state index in [0.717, 1.165) is 5.69 Å². The van der Waals surface area contributed by atoms with Gasteiger partial charge in [0.25, 0.3) is 5.91 Å². The number of para-hydroxylation sites is 3. The number of nitrogens with zero attached hydrogens (tertiary/aromatic N) is 1. The number of anilines is 2. The van der Waals surface area contributed by atoms with Gasteiger partial charge in [0.1, 0.15) is 6.61 Å². The summed E-state index contributed by atoms with van der Waals surface area (Å²) in [5.41, 5.74) is 1.78. The van der Waals surface area contributed by atoms with Gasteiger partial charge in [-0.2, -0.15) is 0 Å². The van der Waals surface area contributed by atoms with E-state index in [-0.39, 0.29) is 18.1 Å². The van der Waals surface area contributed by atoms with Crippen LogP contribution in [0.15, 0.2) is 77.3 Å². The van der Waals surface area contributed by atoms with E-state index in [1.54, 1.807) is 48.7 Å². The first-order chi connectivity index (χ1) is 14.6. The molecule has 150 valence electrons. The lowest BCUT2D eigenvalue weighted by atomic mass is 10.2. The highest BCUT2D eigenvalue weighted by Crippen LogP contribution is 2.30. The largest absolute Gasteiger partial charge is 0.483 e. The standard InChI is InChI=1S/C22H17N3O5/c26-21(24-16-8-1-2-9-17(16)25-22(27)28)19-12-14-6-5-10-18(20(14)30-19)29-13-15-7-3-4-11-23-15/h1-12,25H,13H2,(H,24,26)(H,27,28). The summed E-state index contributed by atoms with van der Waals surface area (Å²) in [5, 5.41) is 14.5. The molecule has 2 aromatic heterocycles. The van der Waals surface area contributed by atoms with Crippen LogP contribution in [0.1, 0.15) is 16.2 Å². The number of carboxylic acid groups (broad SMARTS) is 1. The van der Waals surface area contributed by atoms with E-state index < -0.39 is 12.0 Å². The monoisotopic (exact) mass is 403 g/mol. The van der Waals surface area contributed by atoms with Crippen molar-refractivity contribution in [3.63, 3.8) is 0 Å². The Bertz CT molecular complexity index is 1200. The molecule has 0 saturated heterocycles. The number of rotatable bonds is 6. The fourth-order valence-corrected chi connectivity index (χ4v) is 2.90. The number of nitrogens with one attached hydrogen (secondary N) is 2. The third kappa shape index (κ3) is 4.22. The Balaban J connectivity index is 1.55. The Morgan fingerprint density at radius 2 is 1.73 bits per heavy atom. The number of fused-ring (bicyclic) bond motifs is 1. The van der Waals surface area contributed by atoms with Gasteiger partial charge in [-0.05, 0) is 36.4 Å². The maximum atomic E-state index is 12.7. The van der Waals surface area contributed by atoms with Gasteiger partial charge in [0.15, 0.2) is 17.1 Å². The SMILES string of the molecule is O=C(O)Nc1ccccc1NC(=O)c1cc2cccc(OCc3ccccn3)c2o1. The maximum absolute atomic E-state index is 12.7. The molecule has 8 nitrogen and oxygen atoms in total. The molecule has 0 saturated carbocycles. The van der Waals surface area contributed by atoms with Gasteiger partial charge in [0.05, 0.1) is 17.1 Å². The smallest absolute Gasteiger partial charge is 0.409 e. The number of pyridine rings is 1. The van der Waals surface area contributed by atoms with Crippen LogP contribution in [-0.4, -0.2) is 22.1 Å². The van der Waals surface area contributed by atoms with Crippen LogP contribution in [0.3, 0.4) is 0 Å². The van der Waals surface area contributed by atoms with Gasteiger partial charge in [0.2, 0.25) is 0 Å². The molecule has 4 rings (SSSR count). The number of hydrogen-bond acceptors (Lipinski definition) is 5. The average molecular weight is 403 g/mol. The molecule has 0 aliphatic carbocycles. The summed E-state index contributed by atoms with van der Waals surface area (Å²) in [6.45, 7) is 0.260. The Hall–Kier alpha value is -4.33. The molecule has 0 radical (unpaired) electrons. The molecule has 2 heterocycles. The van der Waals surface area contributed by atoms with Crippen molar-refractivity contribution in [2.45, 2.75) is 6.61 Å². The van der Waals surface area contributed by atoms with Gasteiger partial charge >= 0.3 is 6.09 Å². The molecular formula is C22H17N3O5. The second-order valence-corrected chi connectivity index (χ2v) is 6.32. The third-order valence-corrected chi connectivity index (χ3v) is 4.25. The molecule has 2 aromatic carbocycles.